The topological polar surface area (TPSA) is 226 Å². The van der Waals surface area contributed by atoms with Gasteiger partial charge in [0, 0.05) is 6.92 Å². The molecule has 18 nitrogen and oxygen atoms in total. The molecule has 6 aromatic carbocycles. The van der Waals surface area contributed by atoms with Gasteiger partial charge in [0.05, 0.1) is 19.3 Å². The first-order chi connectivity index (χ1) is 40.2. The summed E-state index contributed by atoms with van der Waals surface area (Å²) in [5, 5.41) is 7.40. The van der Waals surface area contributed by atoms with E-state index in [1.807, 2.05) is 182 Å². The van der Waals surface area contributed by atoms with E-state index >= 15 is 0 Å². The molecule has 0 atom stereocenters. The van der Waals surface area contributed by atoms with E-state index in [1.54, 1.807) is 19.9 Å². The number of ether oxygens (including phenoxy) is 8. The molecular formula is C63H58ClN7O11. The average molecular weight is 1120 g/mol. The van der Waals surface area contributed by atoms with Crippen LogP contribution in [0.4, 0.5) is 0 Å². The van der Waals surface area contributed by atoms with E-state index in [1.165, 1.54) is 25.9 Å². The van der Waals surface area contributed by atoms with Crippen LogP contribution >= 0.6 is 11.6 Å². The maximum atomic E-state index is 12.8. The highest BCUT2D eigenvalue weighted by atomic mass is 35.5. The number of carbonyl (C=O) groups is 3. The SMILES string of the molecule is CC#N.CCOC(=O)c1ncnc(Cl)c1OCc1ccccc1.CCOC(=O)c1ncnc(OCc2ccccc2)c1OCc1ccccc1.O=C(OCc1ccccc1)c1ncnc(OCc2ccccc2)c1OCc1ccccc1. The van der Waals surface area contributed by atoms with Crippen molar-refractivity contribution >= 4 is 29.5 Å². The van der Waals surface area contributed by atoms with Crippen molar-refractivity contribution < 1.29 is 52.3 Å². The number of hydrogen-bond acceptors (Lipinski definition) is 18. The number of nitriles is 1. The third-order valence-corrected chi connectivity index (χ3v) is 11.0. The number of benzene rings is 6. The summed E-state index contributed by atoms with van der Waals surface area (Å²) in [4.78, 5) is 61.1. The molecule has 0 bridgehead atoms. The third-order valence-electron chi connectivity index (χ3n) is 10.8. The van der Waals surface area contributed by atoms with Crippen LogP contribution in [0.25, 0.3) is 0 Å². The summed E-state index contributed by atoms with van der Waals surface area (Å²) in [7, 11) is 0. The molecule has 3 aromatic heterocycles. The fourth-order valence-electron chi connectivity index (χ4n) is 6.93. The summed E-state index contributed by atoms with van der Waals surface area (Å²) < 4.78 is 44.5. The molecule has 9 aromatic rings. The number of halogens is 1. The molecule has 0 fully saturated rings. The van der Waals surface area contributed by atoms with Crippen molar-refractivity contribution in [1.29, 1.82) is 5.26 Å². The van der Waals surface area contributed by atoms with E-state index in [9.17, 15) is 14.4 Å². The fraction of sp³-hybridized carbons (Fsp3) is 0.175. The van der Waals surface area contributed by atoms with Crippen LogP contribution in [0.5, 0.6) is 29.0 Å². The Morgan fingerprint density at radius 2 is 0.634 bits per heavy atom. The van der Waals surface area contributed by atoms with E-state index in [-0.39, 0.29) is 97.5 Å². The molecule has 0 unspecified atom stereocenters. The highest BCUT2D eigenvalue weighted by Gasteiger charge is 2.25. The van der Waals surface area contributed by atoms with E-state index in [4.69, 9.17) is 54.8 Å². The average Bonchev–Trinajstić information content (AvgIpc) is 3.70. The molecule has 418 valence electrons. The Balaban J connectivity index is 0.000000198. The van der Waals surface area contributed by atoms with Crippen LogP contribution < -0.4 is 23.7 Å². The Bertz CT molecular complexity index is 3390. The largest absolute Gasteiger partial charge is 0.483 e. The zero-order chi connectivity index (χ0) is 58.0. The minimum absolute atomic E-state index is 0.0231. The lowest BCUT2D eigenvalue weighted by Gasteiger charge is -2.14. The Morgan fingerprint density at radius 1 is 0.378 bits per heavy atom. The van der Waals surface area contributed by atoms with Crippen molar-refractivity contribution in [2.75, 3.05) is 13.2 Å². The van der Waals surface area contributed by atoms with Gasteiger partial charge in [-0.3, -0.25) is 0 Å². The molecule has 0 aliphatic rings. The summed E-state index contributed by atoms with van der Waals surface area (Å²) in [6.07, 6.45) is 3.74. The summed E-state index contributed by atoms with van der Waals surface area (Å²) in [6, 6.07) is 59.3. The van der Waals surface area contributed by atoms with Crippen molar-refractivity contribution in [3.63, 3.8) is 0 Å². The van der Waals surface area contributed by atoms with Gasteiger partial charge in [0.15, 0.2) is 28.0 Å². The number of nitrogens with zero attached hydrogens (tertiary/aromatic N) is 7. The predicted octanol–water partition coefficient (Wildman–Crippen LogP) is 12.2. The second kappa shape index (κ2) is 34.6. The molecular weight excluding hydrogens is 1070 g/mol. The van der Waals surface area contributed by atoms with Crippen molar-refractivity contribution in [3.8, 4) is 35.1 Å². The summed E-state index contributed by atoms with van der Waals surface area (Å²) in [5.74, 6) is -0.909. The smallest absolute Gasteiger partial charge is 0.361 e. The zero-order valence-electron chi connectivity index (χ0n) is 45.2. The third kappa shape index (κ3) is 20.2. The second-order valence-corrected chi connectivity index (χ2v) is 17.0. The number of aromatic nitrogens is 6. The molecule has 0 radical (unpaired) electrons. The number of rotatable bonds is 22. The lowest BCUT2D eigenvalue weighted by Crippen LogP contribution is -2.13. The fourth-order valence-corrected chi connectivity index (χ4v) is 7.12. The van der Waals surface area contributed by atoms with Gasteiger partial charge in [-0.05, 0) is 47.2 Å². The van der Waals surface area contributed by atoms with E-state index in [0.29, 0.717) is 6.61 Å². The van der Waals surface area contributed by atoms with Gasteiger partial charge in [0.25, 0.3) is 11.8 Å². The molecule has 0 N–H and O–H groups in total. The van der Waals surface area contributed by atoms with Crippen LogP contribution in [0, 0.1) is 11.3 Å². The molecule has 0 saturated carbocycles. The van der Waals surface area contributed by atoms with Crippen LogP contribution in [0.2, 0.25) is 5.15 Å². The van der Waals surface area contributed by atoms with Gasteiger partial charge in [0.2, 0.25) is 11.5 Å². The quantitative estimate of drug-likeness (QED) is 0.0349. The van der Waals surface area contributed by atoms with Crippen molar-refractivity contribution in [1.82, 2.24) is 29.9 Å². The van der Waals surface area contributed by atoms with Gasteiger partial charge in [0.1, 0.15) is 58.6 Å². The molecule has 0 aliphatic carbocycles. The highest BCUT2D eigenvalue weighted by molar-refractivity contribution is 6.31. The monoisotopic (exact) mass is 1120 g/mol. The first kappa shape index (κ1) is 61.0. The molecule has 3 heterocycles. The van der Waals surface area contributed by atoms with Crippen LogP contribution in [0.3, 0.4) is 0 Å². The summed E-state index contributed by atoms with van der Waals surface area (Å²) in [6.45, 7) is 6.81. The van der Waals surface area contributed by atoms with Crippen molar-refractivity contribution in [3.05, 3.63) is 257 Å². The van der Waals surface area contributed by atoms with E-state index in [0.717, 1.165) is 33.4 Å². The van der Waals surface area contributed by atoms with Crippen LogP contribution in [0.15, 0.2) is 201 Å². The molecule has 0 spiro atoms. The normalized spacial score (nSPS) is 9.99. The Labute approximate surface area is 480 Å². The van der Waals surface area contributed by atoms with Crippen LogP contribution in [-0.2, 0) is 53.9 Å². The van der Waals surface area contributed by atoms with E-state index in [2.05, 4.69) is 29.9 Å². The Kier molecular flexibility index (Phi) is 25.7. The van der Waals surface area contributed by atoms with Crippen LogP contribution in [0.1, 0.15) is 85.6 Å². The summed E-state index contributed by atoms with van der Waals surface area (Å²) >= 11 is 5.96. The van der Waals surface area contributed by atoms with Gasteiger partial charge < -0.3 is 37.9 Å². The lowest BCUT2D eigenvalue weighted by molar-refractivity contribution is 0.0455. The number of carbonyl (C=O) groups excluding carboxylic acids is 3. The number of esters is 3. The van der Waals surface area contributed by atoms with Gasteiger partial charge in [-0.1, -0.05) is 194 Å². The van der Waals surface area contributed by atoms with Gasteiger partial charge >= 0.3 is 17.9 Å². The van der Waals surface area contributed by atoms with Gasteiger partial charge in [-0.2, -0.15) is 15.2 Å². The van der Waals surface area contributed by atoms with Gasteiger partial charge in [-0.25, -0.2) is 34.3 Å². The minimum atomic E-state index is -0.608. The predicted molar refractivity (Wildman–Crippen MR) is 304 cm³/mol. The molecule has 0 saturated heterocycles. The molecule has 0 amide bonds. The second-order valence-electron chi connectivity index (χ2n) is 16.7. The Hall–Kier alpha value is -10.3. The Morgan fingerprint density at radius 3 is 0.951 bits per heavy atom. The maximum absolute atomic E-state index is 12.8. The summed E-state index contributed by atoms with van der Waals surface area (Å²) in [5.41, 5.74) is 5.75. The first-order valence-electron chi connectivity index (χ1n) is 25.6. The van der Waals surface area contributed by atoms with Gasteiger partial charge in [-0.15, -0.1) is 0 Å². The van der Waals surface area contributed by atoms with Crippen molar-refractivity contribution in [2.45, 2.75) is 60.4 Å². The molecule has 0 aliphatic heterocycles. The highest BCUT2D eigenvalue weighted by Crippen LogP contribution is 2.32. The first-order valence-corrected chi connectivity index (χ1v) is 26.0. The molecule has 19 heteroatoms. The zero-order valence-corrected chi connectivity index (χ0v) is 46.0. The van der Waals surface area contributed by atoms with Crippen LogP contribution in [-0.4, -0.2) is 61.0 Å². The van der Waals surface area contributed by atoms with Crippen molar-refractivity contribution in [2.24, 2.45) is 0 Å². The van der Waals surface area contributed by atoms with E-state index < -0.39 is 17.9 Å². The maximum Gasteiger partial charge on any atom is 0.361 e. The lowest BCUT2D eigenvalue weighted by atomic mass is 10.2. The standard InChI is InChI=1S/C26H22N2O4.C21H20N2O4.C14H13ClN2O3.C2H3N/c29-26(32-18-22-14-8-3-9-15-22)23-24(30-16-20-10-4-1-5-11-20)25(28-19-27-23)31-17-21-12-6-2-7-13-21;1-2-25-21(24)18-19(26-13-16-9-5-3-6-10-16)20(23-15-22-18)27-14-17-11-7-4-8-12-17;1-2-19-14(18)11-12(13(15)17-9-16-11)20-8-10-6-4-3-5-7-10;1-2-3/h1-15,19H,16-18H2;3-12,15H,2,13-14H2,1H3;3-7,9H,2,8H2,1H3;1H3. The molecule has 82 heavy (non-hydrogen) atoms. The molecule has 9 rings (SSSR count). The number of hydrogen-bond donors (Lipinski definition) is 0. The minimum Gasteiger partial charge on any atom is -0.483 e.